The molecule has 4 nitrogen and oxygen atoms in total. The second-order valence-corrected chi connectivity index (χ2v) is 5.22. The summed E-state index contributed by atoms with van der Waals surface area (Å²) < 4.78 is 25.2. The van der Waals surface area contributed by atoms with E-state index in [0.29, 0.717) is 42.3 Å². The molecule has 1 aromatic rings. The van der Waals surface area contributed by atoms with E-state index in [1.165, 1.54) is 0 Å². The Bertz CT molecular complexity index is 524. The Morgan fingerprint density at radius 2 is 2.30 bits per heavy atom. The van der Waals surface area contributed by atoms with Gasteiger partial charge in [-0.3, -0.25) is 0 Å². The predicted molar refractivity (Wildman–Crippen MR) is 71.2 cm³/mol. The number of benzene rings is 1. The van der Waals surface area contributed by atoms with Gasteiger partial charge in [0.25, 0.3) is 0 Å². The van der Waals surface area contributed by atoms with Gasteiger partial charge in [0, 0.05) is 30.1 Å². The zero-order valence-electron chi connectivity index (χ0n) is 11.4. The number of hydrogen-bond acceptors (Lipinski definition) is 4. The smallest absolute Gasteiger partial charge is 0.338 e. The first-order valence-corrected chi connectivity index (χ1v) is 7.04. The highest BCUT2D eigenvalue weighted by Crippen LogP contribution is 2.29. The average Bonchev–Trinajstić information content (AvgIpc) is 2.49. The van der Waals surface area contributed by atoms with Gasteiger partial charge in [0.2, 0.25) is 0 Å². The second-order valence-electron chi connectivity index (χ2n) is 5.22. The summed E-state index contributed by atoms with van der Waals surface area (Å²) in [7, 11) is 0. The molecule has 0 amide bonds. The number of morpholine rings is 1. The van der Waals surface area contributed by atoms with Crippen molar-refractivity contribution in [2.45, 2.75) is 31.9 Å². The minimum absolute atomic E-state index is 0.244. The number of cyclic esters (lactones) is 1. The van der Waals surface area contributed by atoms with Gasteiger partial charge in [0.15, 0.2) is 0 Å². The molecular weight excluding hydrogens is 261 g/mol. The van der Waals surface area contributed by atoms with Crippen LogP contribution in [0.2, 0.25) is 0 Å². The van der Waals surface area contributed by atoms with Crippen molar-refractivity contribution >= 4 is 5.97 Å². The molecule has 20 heavy (non-hydrogen) atoms. The lowest BCUT2D eigenvalue weighted by Crippen LogP contribution is -2.42. The van der Waals surface area contributed by atoms with Gasteiger partial charge in [-0.05, 0) is 12.5 Å². The van der Waals surface area contributed by atoms with Gasteiger partial charge in [0.05, 0.1) is 24.9 Å². The molecule has 1 saturated heterocycles. The monoisotopic (exact) mass is 279 g/mol. The van der Waals surface area contributed by atoms with Gasteiger partial charge < -0.3 is 14.8 Å². The van der Waals surface area contributed by atoms with E-state index < -0.39 is 5.97 Å². The van der Waals surface area contributed by atoms with Gasteiger partial charge in [-0.15, -0.1) is 0 Å². The quantitative estimate of drug-likeness (QED) is 0.841. The van der Waals surface area contributed by atoms with Gasteiger partial charge in [0.1, 0.15) is 5.82 Å². The molecule has 1 fully saturated rings. The van der Waals surface area contributed by atoms with E-state index in [0.717, 1.165) is 6.42 Å². The Labute approximate surface area is 117 Å². The van der Waals surface area contributed by atoms with E-state index in [1.54, 1.807) is 12.1 Å². The molecule has 3 rings (SSSR count). The molecule has 2 aliphatic heterocycles. The van der Waals surface area contributed by atoms with Crippen LogP contribution in [-0.2, 0) is 15.9 Å². The van der Waals surface area contributed by atoms with E-state index in [2.05, 4.69) is 12.2 Å². The van der Waals surface area contributed by atoms with Gasteiger partial charge >= 0.3 is 5.97 Å². The molecule has 2 unspecified atom stereocenters. The van der Waals surface area contributed by atoms with Crippen molar-refractivity contribution in [3.63, 3.8) is 0 Å². The second kappa shape index (κ2) is 5.50. The first-order chi connectivity index (χ1) is 9.70. The Balaban J connectivity index is 1.86. The van der Waals surface area contributed by atoms with Crippen molar-refractivity contribution in [2.24, 2.45) is 0 Å². The van der Waals surface area contributed by atoms with Gasteiger partial charge in [-0.1, -0.05) is 13.0 Å². The third-order valence-electron chi connectivity index (χ3n) is 4.01. The van der Waals surface area contributed by atoms with Crippen LogP contribution in [0.3, 0.4) is 0 Å². The molecular formula is C15H18FNO3. The normalized spacial score (nSPS) is 26.0. The number of rotatable bonds is 2. The van der Waals surface area contributed by atoms with Gasteiger partial charge in [-0.25, -0.2) is 9.18 Å². The molecule has 1 N–H and O–H groups in total. The van der Waals surface area contributed by atoms with Crippen molar-refractivity contribution in [1.82, 2.24) is 5.32 Å². The van der Waals surface area contributed by atoms with E-state index in [1.807, 2.05) is 0 Å². The van der Waals surface area contributed by atoms with Crippen LogP contribution < -0.4 is 5.32 Å². The molecule has 1 aromatic carbocycles. The van der Waals surface area contributed by atoms with Crippen LogP contribution in [0.1, 0.15) is 40.9 Å². The minimum Gasteiger partial charge on any atom is -0.462 e. The molecule has 0 bridgehead atoms. The van der Waals surface area contributed by atoms with Crippen molar-refractivity contribution in [3.8, 4) is 0 Å². The molecule has 2 heterocycles. The fraction of sp³-hybridized carbons (Fsp3) is 0.533. The number of carbonyl (C=O) groups is 1. The lowest BCUT2D eigenvalue weighted by molar-refractivity contribution is 0.000141. The highest BCUT2D eigenvalue weighted by atomic mass is 19.1. The molecule has 0 radical (unpaired) electrons. The first kappa shape index (κ1) is 13.5. The standard InChI is InChI=1S/C15H18FNO3/c1-2-9-8-20-13(7-17-9)12-4-3-11-10(14(12)16)5-6-19-15(11)18/h3-4,9,13,17H,2,5-8H2,1H3. The van der Waals surface area contributed by atoms with Crippen LogP contribution >= 0.6 is 0 Å². The minimum atomic E-state index is -0.439. The van der Waals surface area contributed by atoms with Gasteiger partial charge in [-0.2, -0.15) is 0 Å². The largest absolute Gasteiger partial charge is 0.462 e. The molecule has 0 spiro atoms. The van der Waals surface area contributed by atoms with Crippen LogP contribution in [-0.4, -0.2) is 31.8 Å². The number of esters is 1. The maximum absolute atomic E-state index is 14.6. The Kier molecular flexibility index (Phi) is 3.72. The van der Waals surface area contributed by atoms with Crippen LogP contribution in [0.15, 0.2) is 12.1 Å². The summed E-state index contributed by atoms with van der Waals surface area (Å²) in [4.78, 5) is 11.6. The summed E-state index contributed by atoms with van der Waals surface area (Å²) in [6, 6.07) is 3.62. The number of hydrogen-bond donors (Lipinski definition) is 1. The maximum atomic E-state index is 14.6. The third kappa shape index (κ3) is 2.31. The lowest BCUT2D eigenvalue weighted by atomic mass is 9.95. The zero-order chi connectivity index (χ0) is 14.1. The predicted octanol–water partition coefficient (Wildman–Crippen LogP) is 1.98. The topological polar surface area (TPSA) is 47.6 Å². The van der Waals surface area contributed by atoms with Crippen molar-refractivity contribution in [3.05, 3.63) is 34.6 Å². The fourth-order valence-corrected chi connectivity index (χ4v) is 2.73. The highest BCUT2D eigenvalue weighted by molar-refractivity contribution is 5.92. The number of fused-ring (bicyclic) bond motifs is 1. The number of nitrogens with one attached hydrogen (secondary N) is 1. The Hall–Kier alpha value is -1.46. The molecule has 0 saturated carbocycles. The Morgan fingerprint density at radius 3 is 3.00 bits per heavy atom. The number of halogens is 1. The molecule has 5 heteroatoms. The molecule has 108 valence electrons. The van der Waals surface area contributed by atoms with Crippen LogP contribution in [0.25, 0.3) is 0 Å². The van der Waals surface area contributed by atoms with E-state index in [4.69, 9.17) is 9.47 Å². The molecule has 2 atom stereocenters. The van der Waals surface area contributed by atoms with Crippen LogP contribution in [0.4, 0.5) is 4.39 Å². The first-order valence-electron chi connectivity index (χ1n) is 7.04. The van der Waals surface area contributed by atoms with Crippen molar-refractivity contribution in [2.75, 3.05) is 19.8 Å². The summed E-state index contributed by atoms with van der Waals surface area (Å²) in [6.45, 7) is 3.51. The van der Waals surface area contributed by atoms with Crippen molar-refractivity contribution < 1.29 is 18.7 Å². The third-order valence-corrected chi connectivity index (χ3v) is 4.01. The zero-order valence-corrected chi connectivity index (χ0v) is 11.4. The Morgan fingerprint density at radius 1 is 1.45 bits per heavy atom. The van der Waals surface area contributed by atoms with E-state index in [9.17, 15) is 9.18 Å². The van der Waals surface area contributed by atoms with Crippen molar-refractivity contribution in [1.29, 1.82) is 0 Å². The van der Waals surface area contributed by atoms with E-state index >= 15 is 0 Å². The van der Waals surface area contributed by atoms with Crippen LogP contribution in [0, 0.1) is 5.82 Å². The number of carbonyl (C=O) groups excluding carboxylic acids is 1. The summed E-state index contributed by atoms with van der Waals surface area (Å²) >= 11 is 0. The molecule has 0 aliphatic carbocycles. The molecule has 2 aliphatic rings. The molecule has 0 aromatic heterocycles. The average molecular weight is 279 g/mol. The maximum Gasteiger partial charge on any atom is 0.338 e. The number of ether oxygens (including phenoxy) is 2. The highest BCUT2D eigenvalue weighted by Gasteiger charge is 2.28. The lowest BCUT2D eigenvalue weighted by Gasteiger charge is -2.31. The summed E-state index contributed by atoms with van der Waals surface area (Å²) in [6.07, 6.45) is 1.13. The summed E-state index contributed by atoms with van der Waals surface area (Å²) in [5, 5.41) is 3.35. The SMILES string of the molecule is CCC1COC(c2ccc3c(c2F)CCOC3=O)CN1. The van der Waals surface area contributed by atoms with Crippen LogP contribution in [0.5, 0.6) is 0 Å². The summed E-state index contributed by atoms with van der Waals surface area (Å²) in [5.74, 6) is -0.758. The van der Waals surface area contributed by atoms with E-state index in [-0.39, 0.29) is 18.5 Å². The summed E-state index contributed by atoms with van der Waals surface area (Å²) in [5.41, 5.74) is 1.33. The fourth-order valence-electron chi connectivity index (χ4n) is 2.73.